The van der Waals surface area contributed by atoms with Gasteiger partial charge in [-0.3, -0.25) is 0 Å². The first-order chi connectivity index (χ1) is 8.93. The zero-order valence-electron chi connectivity index (χ0n) is 13.3. The van der Waals surface area contributed by atoms with Gasteiger partial charge in [0.05, 0.1) is 0 Å². The van der Waals surface area contributed by atoms with Crippen LogP contribution in [0.2, 0.25) is 0 Å². The second kappa shape index (κ2) is 4.73. The molecule has 5 unspecified atom stereocenters. The average Bonchev–Trinajstić information content (AvgIpc) is 2.95. The lowest BCUT2D eigenvalue weighted by atomic mass is 9.69. The third-order valence-electron chi connectivity index (χ3n) is 7.08. The molecule has 2 saturated carbocycles. The molecule has 1 aliphatic heterocycles. The average molecular weight is 264 g/mol. The molecule has 3 aliphatic rings. The molecular formula is C17H32N2. The molecule has 2 heteroatoms. The summed E-state index contributed by atoms with van der Waals surface area (Å²) in [5.41, 5.74) is 1.06. The summed E-state index contributed by atoms with van der Waals surface area (Å²) in [6, 6.07) is 2.17. The van der Waals surface area contributed by atoms with Crippen molar-refractivity contribution in [1.82, 2.24) is 10.6 Å². The number of hydrogen-bond acceptors (Lipinski definition) is 2. The smallest absolute Gasteiger partial charge is 0.0131 e. The molecule has 2 N–H and O–H groups in total. The van der Waals surface area contributed by atoms with Gasteiger partial charge >= 0.3 is 0 Å². The Morgan fingerprint density at radius 1 is 1.26 bits per heavy atom. The highest BCUT2D eigenvalue weighted by Crippen LogP contribution is 2.65. The number of rotatable bonds is 4. The molecule has 2 nitrogen and oxygen atoms in total. The van der Waals surface area contributed by atoms with Gasteiger partial charge in [0.2, 0.25) is 0 Å². The van der Waals surface area contributed by atoms with E-state index in [1.165, 1.54) is 45.1 Å². The topological polar surface area (TPSA) is 24.1 Å². The first kappa shape index (κ1) is 13.9. The minimum atomic E-state index is 0.523. The molecule has 3 fully saturated rings. The lowest BCUT2D eigenvalue weighted by Crippen LogP contribution is -2.48. The number of nitrogens with one attached hydrogen (secondary N) is 2. The quantitative estimate of drug-likeness (QED) is 0.814. The van der Waals surface area contributed by atoms with E-state index < -0.39 is 0 Å². The minimum absolute atomic E-state index is 0.523. The molecule has 0 aromatic carbocycles. The molecule has 0 spiro atoms. The van der Waals surface area contributed by atoms with Gasteiger partial charge in [0.25, 0.3) is 0 Å². The maximum absolute atomic E-state index is 3.99. The third-order valence-corrected chi connectivity index (χ3v) is 7.08. The second-order valence-corrected chi connectivity index (χ2v) is 8.26. The van der Waals surface area contributed by atoms with Crippen LogP contribution < -0.4 is 10.6 Å². The Labute approximate surface area is 119 Å². The third kappa shape index (κ3) is 2.15. The van der Waals surface area contributed by atoms with Crippen LogP contribution in [0.4, 0.5) is 0 Å². The highest BCUT2D eigenvalue weighted by molar-refractivity contribution is 5.13. The van der Waals surface area contributed by atoms with Crippen molar-refractivity contribution in [3.8, 4) is 0 Å². The fourth-order valence-corrected chi connectivity index (χ4v) is 5.25. The van der Waals surface area contributed by atoms with Gasteiger partial charge in [0, 0.05) is 18.1 Å². The molecule has 0 amide bonds. The van der Waals surface area contributed by atoms with Crippen LogP contribution in [-0.2, 0) is 0 Å². The van der Waals surface area contributed by atoms with Crippen LogP contribution in [0.25, 0.3) is 0 Å². The fraction of sp³-hybridized carbons (Fsp3) is 1.00. The summed E-state index contributed by atoms with van der Waals surface area (Å²) in [5.74, 6) is 0.951. The van der Waals surface area contributed by atoms with Crippen LogP contribution in [0.3, 0.4) is 0 Å². The van der Waals surface area contributed by atoms with Crippen LogP contribution >= 0.6 is 0 Å². The molecule has 19 heavy (non-hydrogen) atoms. The van der Waals surface area contributed by atoms with E-state index in [0.29, 0.717) is 16.9 Å². The van der Waals surface area contributed by atoms with E-state index in [0.717, 1.165) is 18.0 Å². The van der Waals surface area contributed by atoms with Crippen LogP contribution in [0.15, 0.2) is 0 Å². The van der Waals surface area contributed by atoms with Crippen molar-refractivity contribution in [1.29, 1.82) is 0 Å². The van der Waals surface area contributed by atoms with E-state index in [2.05, 4.69) is 38.3 Å². The van der Waals surface area contributed by atoms with Crippen molar-refractivity contribution in [2.45, 2.75) is 84.3 Å². The Bertz CT molecular complexity index is 332. The minimum Gasteiger partial charge on any atom is -0.314 e. The first-order valence-electron chi connectivity index (χ1n) is 8.43. The summed E-state index contributed by atoms with van der Waals surface area (Å²) in [4.78, 5) is 0. The molecule has 1 heterocycles. The van der Waals surface area contributed by atoms with Crippen molar-refractivity contribution in [3.63, 3.8) is 0 Å². The van der Waals surface area contributed by atoms with Gasteiger partial charge in [0.15, 0.2) is 0 Å². The monoisotopic (exact) mass is 264 g/mol. The Morgan fingerprint density at radius 3 is 2.58 bits per heavy atom. The maximum Gasteiger partial charge on any atom is 0.0131 e. The van der Waals surface area contributed by atoms with Gasteiger partial charge in [-0.2, -0.15) is 0 Å². The van der Waals surface area contributed by atoms with Gasteiger partial charge in [0.1, 0.15) is 0 Å². The molecule has 110 valence electrons. The Hall–Kier alpha value is -0.0800. The Kier molecular flexibility index (Phi) is 3.46. The Balaban J connectivity index is 1.58. The maximum atomic E-state index is 3.99. The van der Waals surface area contributed by atoms with E-state index in [1.807, 2.05) is 0 Å². The standard InChI is InChI=1S/C17H32N2/c1-12(10-14-6-5-9-18-14)19-15-11-13-7-8-17(15,4)16(13,2)3/h12-15,18-19H,5-11H2,1-4H3. The second-order valence-electron chi connectivity index (χ2n) is 8.26. The predicted molar refractivity (Wildman–Crippen MR) is 81.3 cm³/mol. The van der Waals surface area contributed by atoms with Gasteiger partial charge < -0.3 is 10.6 Å². The normalized spacial score (nSPS) is 45.8. The molecule has 0 aromatic rings. The van der Waals surface area contributed by atoms with Crippen molar-refractivity contribution < 1.29 is 0 Å². The lowest BCUT2D eigenvalue weighted by molar-refractivity contribution is 0.115. The zero-order valence-corrected chi connectivity index (χ0v) is 13.3. The molecule has 1 saturated heterocycles. The van der Waals surface area contributed by atoms with Gasteiger partial charge in [-0.1, -0.05) is 20.8 Å². The van der Waals surface area contributed by atoms with E-state index in [9.17, 15) is 0 Å². The summed E-state index contributed by atoms with van der Waals surface area (Å²) >= 11 is 0. The summed E-state index contributed by atoms with van der Waals surface area (Å²) in [6.45, 7) is 11.2. The van der Waals surface area contributed by atoms with E-state index >= 15 is 0 Å². The first-order valence-corrected chi connectivity index (χ1v) is 8.43. The molecule has 5 atom stereocenters. The van der Waals surface area contributed by atoms with Crippen molar-refractivity contribution >= 4 is 0 Å². The SMILES string of the molecule is CC(CC1CCCN1)NC1CC2CCC1(C)C2(C)C. The molecular weight excluding hydrogens is 232 g/mol. The number of hydrogen-bond donors (Lipinski definition) is 2. The van der Waals surface area contributed by atoms with Crippen molar-refractivity contribution in [2.75, 3.05) is 6.54 Å². The predicted octanol–water partition coefficient (Wildman–Crippen LogP) is 3.32. The fourth-order valence-electron chi connectivity index (χ4n) is 5.25. The van der Waals surface area contributed by atoms with Crippen LogP contribution in [0.5, 0.6) is 0 Å². The molecule has 2 aliphatic carbocycles. The molecule has 0 aromatic heterocycles. The van der Waals surface area contributed by atoms with Gasteiger partial charge in [-0.25, -0.2) is 0 Å². The number of fused-ring (bicyclic) bond motifs is 2. The summed E-state index contributed by atoms with van der Waals surface area (Å²) in [7, 11) is 0. The summed E-state index contributed by atoms with van der Waals surface area (Å²) < 4.78 is 0. The summed E-state index contributed by atoms with van der Waals surface area (Å²) in [5, 5.41) is 7.63. The largest absolute Gasteiger partial charge is 0.314 e. The highest BCUT2D eigenvalue weighted by atomic mass is 15.0. The van der Waals surface area contributed by atoms with Crippen LogP contribution in [0.1, 0.15) is 66.2 Å². The van der Waals surface area contributed by atoms with E-state index in [-0.39, 0.29) is 0 Å². The molecule has 2 bridgehead atoms. The molecule has 0 radical (unpaired) electrons. The Morgan fingerprint density at radius 2 is 2.05 bits per heavy atom. The van der Waals surface area contributed by atoms with Gasteiger partial charge in [-0.05, 0) is 68.7 Å². The summed E-state index contributed by atoms with van der Waals surface area (Å²) in [6.07, 6.45) is 8.34. The van der Waals surface area contributed by atoms with Crippen molar-refractivity contribution in [2.24, 2.45) is 16.7 Å². The van der Waals surface area contributed by atoms with E-state index in [4.69, 9.17) is 0 Å². The van der Waals surface area contributed by atoms with Crippen molar-refractivity contribution in [3.05, 3.63) is 0 Å². The highest BCUT2D eigenvalue weighted by Gasteiger charge is 2.61. The zero-order chi connectivity index (χ0) is 13.7. The van der Waals surface area contributed by atoms with Crippen LogP contribution in [0, 0.1) is 16.7 Å². The van der Waals surface area contributed by atoms with Gasteiger partial charge in [-0.15, -0.1) is 0 Å². The molecule has 3 rings (SSSR count). The van der Waals surface area contributed by atoms with E-state index in [1.54, 1.807) is 0 Å². The van der Waals surface area contributed by atoms with Crippen LogP contribution in [-0.4, -0.2) is 24.7 Å². The lowest BCUT2D eigenvalue weighted by Gasteiger charge is -2.41.